The van der Waals surface area contributed by atoms with Gasteiger partial charge in [0.05, 0.1) is 20.7 Å². The SMILES string of the molecule is COc1cccc(C(=O)NC[C@@H](c2ccc(C)cc2)[NH+]2CC[NH+](C)CC2)c1. The predicted octanol–water partition coefficient (Wildman–Crippen LogP) is -0.112. The van der Waals surface area contributed by atoms with Crippen molar-refractivity contribution >= 4 is 5.91 Å². The first-order valence-electron chi connectivity index (χ1n) is 9.71. The van der Waals surface area contributed by atoms with Gasteiger partial charge in [-0.25, -0.2) is 0 Å². The first kappa shape index (κ1) is 19.4. The average Bonchev–Trinajstić information content (AvgIpc) is 2.70. The number of nitrogens with one attached hydrogen (secondary N) is 3. The number of likely N-dealkylation sites (N-methyl/N-ethyl adjacent to an activating group) is 1. The third kappa shape index (κ3) is 5.08. The molecule has 0 aliphatic carbocycles. The number of methoxy groups -OCH3 is 1. The van der Waals surface area contributed by atoms with Gasteiger partial charge in [-0.2, -0.15) is 0 Å². The van der Waals surface area contributed by atoms with Crippen LogP contribution in [0.4, 0.5) is 0 Å². The highest BCUT2D eigenvalue weighted by Gasteiger charge is 2.29. The Morgan fingerprint density at radius 1 is 1.11 bits per heavy atom. The van der Waals surface area contributed by atoms with Gasteiger partial charge in [0.25, 0.3) is 5.91 Å². The van der Waals surface area contributed by atoms with Gasteiger partial charge in [0.1, 0.15) is 38.0 Å². The summed E-state index contributed by atoms with van der Waals surface area (Å²) in [6, 6.07) is 16.3. The molecule has 144 valence electrons. The summed E-state index contributed by atoms with van der Waals surface area (Å²) in [6.45, 7) is 7.32. The molecule has 5 heteroatoms. The number of carbonyl (C=O) groups excluding carboxylic acids is 1. The van der Waals surface area contributed by atoms with Gasteiger partial charge in [-0.05, 0) is 25.1 Å². The highest BCUT2D eigenvalue weighted by molar-refractivity contribution is 5.94. The standard InChI is InChI=1S/C22H29N3O2/c1-17-7-9-18(10-8-17)21(25-13-11-24(2)12-14-25)16-23-22(26)19-5-4-6-20(15-19)27-3/h4-10,15,21H,11-14,16H2,1-3H3,(H,23,26)/p+2/t21-/m0/s1. The normalized spacial score (nSPS) is 20.7. The van der Waals surface area contributed by atoms with Crippen molar-refractivity contribution in [2.75, 3.05) is 46.9 Å². The minimum absolute atomic E-state index is 0.0508. The molecule has 0 bridgehead atoms. The third-order valence-corrected chi connectivity index (χ3v) is 5.52. The fourth-order valence-electron chi connectivity index (χ4n) is 3.70. The van der Waals surface area contributed by atoms with Gasteiger partial charge in [0.15, 0.2) is 0 Å². The molecule has 0 aromatic heterocycles. The molecular formula is C22H31N3O2+2. The number of ether oxygens (including phenoxy) is 1. The van der Waals surface area contributed by atoms with Gasteiger partial charge >= 0.3 is 0 Å². The van der Waals surface area contributed by atoms with E-state index in [1.165, 1.54) is 24.2 Å². The molecule has 1 amide bonds. The number of amides is 1. The molecule has 0 radical (unpaired) electrons. The third-order valence-electron chi connectivity index (χ3n) is 5.52. The Labute approximate surface area is 161 Å². The Morgan fingerprint density at radius 3 is 2.48 bits per heavy atom. The van der Waals surface area contributed by atoms with Gasteiger partial charge in [0.2, 0.25) is 0 Å². The van der Waals surface area contributed by atoms with Crippen LogP contribution in [-0.4, -0.2) is 52.8 Å². The summed E-state index contributed by atoms with van der Waals surface area (Å²) in [5, 5.41) is 3.15. The van der Waals surface area contributed by atoms with Gasteiger partial charge in [-0.15, -0.1) is 0 Å². The van der Waals surface area contributed by atoms with Gasteiger partial charge in [0, 0.05) is 11.1 Å². The van der Waals surface area contributed by atoms with E-state index in [-0.39, 0.29) is 11.9 Å². The van der Waals surface area contributed by atoms with Crippen molar-refractivity contribution in [3.63, 3.8) is 0 Å². The number of hydrogen-bond acceptors (Lipinski definition) is 2. The van der Waals surface area contributed by atoms with E-state index < -0.39 is 0 Å². The van der Waals surface area contributed by atoms with Gasteiger partial charge in [-0.1, -0.05) is 35.9 Å². The Kier molecular flexibility index (Phi) is 6.48. The van der Waals surface area contributed by atoms with Crippen LogP contribution in [0.1, 0.15) is 27.5 Å². The second-order valence-electron chi connectivity index (χ2n) is 7.52. The first-order chi connectivity index (χ1) is 13.1. The van der Waals surface area contributed by atoms with Crippen LogP contribution < -0.4 is 19.9 Å². The minimum atomic E-state index is -0.0508. The summed E-state index contributed by atoms with van der Waals surface area (Å²) in [7, 11) is 3.87. The number of hydrogen-bond donors (Lipinski definition) is 3. The molecule has 27 heavy (non-hydrogen) atoms. The molecule has 3 rings (SSSR count). The molecule has 2 aromatic rings. The minimum Gasteiger partial charge on any atom is -0.497 e. The second-order valence-corrected chi connectivity index (χ2v) is 7.52. The molecular weight excluding hydrogens is 338 g/mol. The zero-order valence-corrected chi connectivity index (χ0v) is 16.5. The molecule has 1 saturated heterocycles. The van der Waals surface area contributed by atoms with Crippen LogP contribution in [0, 0.1) is 6.92 Å². The van der Waals surface area contributed by atoms with Crippen LogP contribution in [0.25, 0.3) is 0 Å². The Morgan fingerprint density at radius 2 is 1.81 bits per heavy atom. The van der Waals surface area contributed by atoms with Crippen molar-refractivity contribution in [2.24, 2.45) is 0 Å². The number of carbonyl (C=O) groups is 1. The van der Waals surface area contributed by atoms with E-state index in [2.05, 4.69) is 43.6 Å². The largest absolute Gasteiger partial charge is 0.497 e. The molecule has 0 unspecified atom stereocenters. The van der Waals surface area contributed by atoms with E-state index in [0.717, 1.165) is 13.1 Å². The van der Waals surface area contributed by atoms with Crippen LogP contribution in [0.3, 0.4) is 0 Å². The van der Waals surface area contributed by atoms with Crippen LogP contribution in [0.5, 0.6) is 5.75 Å². The van der Waals surface area contributed by atoms with Gasteiger partial charge < -0.3 is 19.9 Å². The topological polar surface area (TPSA) is 47.2 Å². The van der Waals surface area contributed by atoms with Crippen molar-refractivity contribution in [1.82, 2.24) is 5.32 Å². The molecule has 5 nitrogen and oxygen atoms in total. The lowest BCUT2D eigenvalue weighted by molar-refractivity contribution is -1.02. The molecule has 1 heterocycles. The molecule has 1 atom stereocenters. The van der Waals surface area contributed by atoms with Crippen LogP contribution >= 0.6 is 0 Å². The van der Waals surface area contributed by atoms with Crippen molar-refractivity contribution in [1.29, 1.82) is 0 Å². The van der Waals surface area contributed by atoms with Crippen LogP contribution in [0.2, 0.25) is 0 Å². The van der Waals surface area contributed by atoms with E-state index >= 15 is 0 Å². The van der Waals surface area contributed by atoms with Crippen LogP contribution in [-0.2, 0) is 0 Å². The Bertz CT molecular complexity index is 752. The highest BCUT2D eigenvalue weighted by Crippen LogP contribution is 2.14. The predicted molar refractivity (Wildman–Crippen MR) is 107 cm³/mol. The molecule has 1 fully saturated rings. The molecule has 2 aromatic carbocycles. The number of aryl methyl sites for hydroxylation is 1. The molecule has 1 aliphatic rings. The first-order valence-corrected chi connectivity index (χ1v) is 9.71. The number of benzene rings is 2. The van der Waals surface area contributed by atoms with E-state index in [1.807, 2.05) is 18.2 Å². The fourth-order valence-corrected chi connectivity index (χ4v) is 3.70. The maximum absolute atomic E-state index is 12.7. The van der Waals surface area contributed by atoms with Crippen molar-refractivity contribution < 1.29 is 19.3 Å². The fraction of sp³-hybridized carbons (Fsp3) is 0.409. The molecule has 0 saturated carbocycles. The maximum atomic E-state index is 12.7. The van der Waals surface area contributed by atoms with Crippen LogP contribution in [0.15, 0.2) is 48.5 Å². The quantitative estimate of drug-likeness (QED) is 0.665. The number of rotatable bonds is 6. The molecule has 3 N–H and O–H groups in total. The number of piperazine rings is 1. The lowest BCUT2D eigenvalue weighted by atomic mass is 10.0. The van der Waals surface area contributed by atoms with Crippen molar-refractivity contribution in [3.8, 4) is 5.75 Å². The summed E-state index contributed by atoms with van der Waals surface area (Å²) in [6.07, 6.45) is 0. The average molecular weight is 370 g/mol. The number of quaternary nitrogens is 2. The van der Waals surface area contributed by atoms with Crippen molar-refractivity contribution in [3.05, 3.63) is 65.2 Å². The molecule has 0 spiro atoms. The summed E-state index contributed by atoms with van der Waals surface area (Å²) in [5.41, 5.74) is 3.19. The molecule has 1 aliphatic heterocycles. The van der Waals surface area contributed by atoms with E-state index in [9.17, 15) is 4.79 Å². The van der Waals surface area contributed by atoms with E-state index in [1.54, 1.807) is 23.0 Å². The van der Waals surface area contributed by atoms with Gasteiger partial charge in [-0.3, -0.25) is 4.79 Å². The summed E-state index contributed by atoms with van der Waals surface area (Å²) >= 11 is 0. The zero-order chi connectivity index (χ0) is 19.2. The van der Waals surface area contributed by atoms with E-state index in [4.69, 9.17) is 4.74 Å². The maximum Gasteiger partial charge on any atom is 0.251 e. The summed E-state index contributed by atoms with van der Waals surface area (Å²) < 4.78 is 5.23. The summed E-state index contributed by atoms with van der Waals surface area (Å²) in [4.78, 5) is 15.8. The Balaban J connectivity index is 1.72. The highest BCUT2D eigenvalue weighted by atomic mass is 16.5. The van der Waals surface area contributed by atoms with E-state index in [0.29, 0.717) is 17.9 Å². The zero-order valence-electron chi connectivity index (χ0n) is 16.5. The lowest BCUT2D eigenvalue weighted by Gasteiger charge is -2.33. The smallest absolute Gasteiger partial charge is 0.251 e. The second kappa shape index (κ2) is 9.02. The van der Waals surface area contributed by atoms with Crippen molar-refractivity contribution in [2.45, 2.75) is 13.0 Å². The Hall–Kier alpha value is -2.37. The summed E-state index contributed by atoms with van der Waals surface area (Å²) in [5.74, 6) is 0.649. The monoisotopic (exact) mass is 369 g/mol. The lowest BCUT2D eigenvalue weighted by Crippen LogP contribution is -3.27.